The van der Waals surface area contributed by atoms with E-state index in [9.17, 15) is 18.0 Å². The third kappa shape index (κ3) is 5.03. The smallest absolute Gasteiger partial charge is 0.416 e. The van der Waals surface area contributed by atoms with Crippen LogP contribution in [0.4, 0.5) is 13.2 Å². The van der Waals surface area contributed by atoms with Crippen LogP contribution in [0.15, 0.2) is 73.4 Å². The molecule has 0 saturated heterocycles. The van der Waals surface area contributed by atoms with Crippen LogP contribution in [0.3, 0.4) is 0 Å². The van der Waals surface area contributed by atoms with Gasteiger partial charge in [-0.25, -0.2) is 9.67 Å². The summed E-state index contributed by atoms with van der Waals surface area (Å²) in [4.78, 5) is 17.0. The van der Waals surface area contributed by atoms with Gasteiger partial charge in [-0.2, -0.15) is 23.4 Å². The summed E-state index contributed by atoms with van der Waals surface area (Å²) in [6.45, 7) is 0.312. The van der Waals surface area contributed by atoms with Crippen LogP contribution < -0.4 is 10.1 Å². The number of aromatic nitrogens is 5. The van der Waals surface area contributed by atoms with Crippen LogP contribution in [0.25, 0.3) is 5.69 Å². The molecule has 4 rings (SSSR count). The summed E-state index contributed by atoms with van der Waals surface area (Å²) in [6, 6.07) is 13.5. The molecule has 1 N–H and O–H groups in total. The maximum Gasteiger partial charge on any atom is 0.416 e. The molecule has 8 nitrogen and oxygen atoms in total. The van der Waals surface area contributed by atoms with Gasteiger partial charge in [0.1, 0.15) is 12.7 Å². The lowest BCUT2D eigenvalue weighted by Gasteiger charge is -2.18. The lowest BCUT2D eigenvalue weighted by molar-refractivity contribution is -0.137. The molecule has 0 radical (unpaired) electrons. The molecule has 0 aliphatic heterocycles. The molecule has 2 aromatic carbocycles. The normalized spacial score (nSPS) is 12.4. The van der Waals surface area contributed by atoms with Crippen LogP contribution >= 0.6 is 0 Å². The van der Waals surface area contributed by atoms with Gasteiger partial charge in [-0.05, 0) is 23.8 Å². The van der Waals surface area contributed by atoms with Crippen molar-refractivity contribution < 1.29 is 22.7 Å². The molecule has 1 atom stereocenters. The van der Waals surface area contributed by atoms with Crippen molar-refractivity contribution >= 4 is 5.91 Å². The minimum absolute atomic E-state index is 0.0607. The van der Waals surface area contributed by atoms with E-state index >= 15 is 0 Å². The van der Waals surface area contributed by atoms with Gasteiger partial charge in [-0.1, -0.05) is 36.4 Å². The molecule has 1 amide bonds. The van der Waals surface area contributed by atoms with Crippen LogP contribution in [-0.2, 0) is 12.7 Å². The van der Waals surface area contributed by atoms with Gasteiger partial charge in [0, 0.05) is 0 Å². The molecule has 0 spiro atoms. The van der Waals surface area contributed by atoms with E-state index in [1.165, 1.54) is 42.8 Å². The summed E-state index contributed by atoms with van der Waals surface area (Å²) < 4.78 is 47.3. The van der Waals surface area contributed by atoms with E-state index < -0.39 is 23.7 Å². The van der Waals surface area contributed by atoms with Gasteiger partial charge in [0.15, 0.2) is 11.4 Å². The summed E-state index contributed by atoms with van der Waals surface area (Å²) in [6.07, 6.45) is -0.217. The molecule has 1 unspecified atom stereocenters. The molecular formula is C22H19F3N6O2. The molecule has 0 saturated carbocycles. The highest BCUT2D eigenvalue weighted by atomic mass is 19.4. The number of amides is 1. The van der Waals surface area contributed by atoms with Gasteiger partial charge in [0.2, 0.25) is 0 Å². The number of carbonyl (C=O) groups excluding carboxylic acids is 1. The minimum Gasteiger partial charge on any atom is -0.493 e. The standard InChI is InChI=1S/C22H19F3N6O2/c1-33-19-12-31(17-9-5-8-16(10-17)22(23,24)25)29-20(19)21(32)28-18(11-30-14-26-13-27-30)15-6-3-2-4-7-15/h2-10,12-14,18H,11H2,1H3,(H,28,32). The van der Waals surface area contributed by atoms with Gasteiger partial charge >= 0.3 is 6.18 Å². The molecule has 0 aliphatic carbocycles. The minimum atomic E-state index is -4.50. The second-order valence-electron chi connectivity index (χ2n) is 7.09. The van der Waals surface area contributed by atoms with Crippen LogP contribution in [0.1, 0.15) is 27.7 Å². The number of ether oxygens (including phenoxy) is 1. The Morgan fingerprint density at radius 3 is 2.61 bits per heavy atom. The molecule has 2 heterocycles. The summed E-state index contributed by atoms with van der Waals surface area (Å²) >= 11 is 0. The number of halogens is 3. The van der Waals surface area contributed by atoms with Crippen molar-refractivity contribution in [3.05, 3.63) is 90.3 Å². The number of hydrogen-bond donors (Lipinski definition) is 1. The number of benzene rings is 2. The van der Waals surface area contributed by atoms with Crippen molar-refractivity contribution in [2.75, 3.05) is 7.11 Å². The van der Waals surface area contributed by atoms with Gasteiger partial charge in [0.25, 0.3) is 5.91 Å². The average molecular weight is 456 g/mol. The van der Waals surface area contributed by atoms with E-state index in [1.807, 2.05) is 30.3 Å². The Bertz CT molecular complexity index is 1220. The molecule has 11 heteroatoms. The first-order valence-electron chi connectivity index (χ1n) is 9.84. The Labute approximate surface area is 186 Å². The Hall–Kier alpha value is -4.15. The molecule has 33 heavy (non-hydrogen) atoms. The van der Waals surface area contributed by atoms with Crippen LogP contribution in [0.5, 0.6) is 5.75 Å². The summed E-state index contributed by atoms with van der Waals surface area (Å²) in [5.74, 6) is -0.427. The van der Waals surface area contributed by atoms with Gasteiger partial charge in [0.05, 0.1) is 37.1 Å². The van der Waals surface area contributed by atoms with Gasteiger partial charge in [-0.3, -0.25) is 9.48 Å². The number of methoxy groups -OCH3 is 1. The topological polar surface area (TPSA) is 86.9 Å². The zero-order chi connectivity index (χ0) is 23.4. The van der Waals surface area contributed by atoms with Gasteiger partial charge in [-0.15, -0.1) is 0 Å². The first-order chi connectivity index (χ1) is 15.8. The van der Waals surface area contributed by atoms with E-state index in [1.54, 1.807) is 4.68 Å². The van der Waals surface area contributed by atoms with E-state index in [2.05, 4.69) is 20.5 Å². The second kappa shape index (κ2) is 9.15. The molecule has 0 aliphatic rings. The summed E-state index contributed by atoms with van der Waals surface area (Å²) in [7, 11) is 1.36. The number of rotatable bonds is 7. The quantitative estimate of drug-likeness (QED) is 0.459. The highest BCUT2D eigenvalue weighted by Gasteiger charge is 2.31. The number of nitrogens with one attached hydrogen (secondary N) is 1. The van der Waals surface area contributed by atoms with Crippen molar-refractivity contribution in [1.29, 1.82) is 0 Å². The highest BCUT2D eigenvalue weighted by molar-refractivity contribution is 5.95. The first kappa shape index (κ1) is 22.1. The van der Waals surface area contributed by atoms with Crippen molar-refractivity contribution in [3.8, 4) is 11.4 Å². The number of nitrogens with zero attached hydrogens (tertiary/aromatic N) is 5. The maximum atomic E-state index is 13.1. The SMILES string of the molecule is COc1cn(-c2cccc(C(F)(F)F)c2)nc1C(=O)NC(Cn1cncn1)c1ccccc1. The van der Waals surface area contributed by atoms with E-state index in [4.69, 9.17) is 4.74 Å². The van der Waals surface area contributed by atoms with Crippen LogP contribution in [0.2, 0.25) is 0 Å². The van der Waals surface area contributed by atoms with Crippen molar-refractivity contribution in [2.24, 2.45) is 0 Å². The zero-order valence-corrected chi connectivity index (χ0v) is 17.4. The van der Waals surface area contributed by atoms with Crippen LogP contribution in [-0.4, -0.2) is 37.6 Å². The molecule has 0 fully saturated rings. The fraction of sp³-hybridized carbons (Fsp3) is 0.182. The number of hydrogen-bond acceptors (Lipinski definition) is 5. The molecule has 0 bridgehead atoms. The number of alkyl halides is 3. The average Bonchev–Trinajstić information content (AvgIpc) is 3.48. The van der Waals surface area contributed by atoms with E-state index in [-0.39, 0.29) is 17.1 Å². The van der Waals surface area contributed by atoms with Crippen molar-refractivity contribution in [1.82, 2.24) is 29.9 Å². The Morgan fingerprint density at radius 2 is 1.94 bits per heavy atom. The Morgan fingerprint density at radius 1 is 1.15 bits per heavy atom. The lowest BCUT2D eigenvalue weighted by Crippen LogP contribution is -2.32. The Balaban J connectivity index is 1.63. The van der Waals surface area contributed by atoms with Crippen molar-refractivity contribution in [2.45, 2.75) is 18.8 Å². The monoisotopic (exact) mass is 456 g/mol. The molecular weight excluding hydrogens is 437 g/mol. The molecule has 170 valence electrons. The van der Waals surface area contributed by atoms with Crippen molar-refractivity contribution in [3.63, 3.8) is 0 Å². The zero-order valence-electron chi connectivity index (χ0n) is 17.4. The largest absolute Gasteiger partial charge is 0.493 e. The fourth-order valence-electron chi connectivity index (χ4n) is 3.28. The Kier molecular flexibility index (Phi) is 6.11. The number of carbonyl (C=O) groups is 1. The maximum absolute atomic E-state index is 13.1. The predicted octanol–water partition coefficient (Wildman–Crippen LogP) is 3.66. The predicted molar refractivity (Wildman–Crippen MR) is 112 cm³/mol. The lowest BCUT2D eigenvalue weighted by atomic mass is 10.1. The molecule has 4 aromatic rings. The van der Waals surface area contributed by atoms with Crippen LogP contribution in [0, 0.1) is 0 Å². The highest BCUT2D eigenvalue weighted by Crippen LogP contribution is 2.31. The third-order valence-corrected chi connectivity index (χ3v) is 4.90. The molecule has 2 aromatic heterocycles. The summed E-state index contributed by atoms with van der Waals surface area (Å²) in [5.41, 5.74) is 0.0916. The third-order valence-electron chi connectivity index (χ3n) is 4.90. The van der Waals surface area contributed by atoms with E-state index in [0.717, 1.165) is 17.7 Å². The summed E-state index contributed by atoms with van der Waals surface area (Å²) in [5, 5.41) is 11.2. The second-order valence-corrected chi connectivity index (χ2v) is 7.09. The fourth-order valence-corrected chi connectivity index (χ4v) is 3.28. The van der Waals surface area contributed by atoms with E-state index in [0.29, 0.717) is 6.54 Å². The first-order valence-corrected chi connectivity index (χ1v) is 9.84. The van der Waals surface area contributed by atoms with Gasteiger partial charge < -0.3 is 10.1 Å².